The highest BCUT2D eigenvalue weighted by molar-refractivity contribution is 6.72. The second kappa shape index (κ2) is 7.47. The number of anilines is 1. The highest BCUT2D eigenvalue weighted by Crippen LogP contribution is 2.53. The van der Waals surface area contributed by atoms with E-state index in [1.54, 1.807) is 0 Å². The van der Waals surface area contributed by atoms with Gasteiger partial charge in [-0.05, 0) is 86.5 Å². The largest absolute Gasteiger partial charge is 0.414 e. The lowest BCUT2D eigenvalue weighted by Crippen LogP contribution is -2.43. The smallest absolute Gasteiger partial charge is 0.190 e. The van der Waals surface area contributed by atoms with Gasteiger partial charge in [0.15, 0.2) is 8.32 Å². The zero-order valence-electron chi connectivity index (χ0n) is 18.1. The van der Waals surface area contributed by atoms with Gasteiger partial charge >= 0.3 is 0 Å². The lowest BCUT2D eigenvalue weighted by molar-refractivity contribution is 0.134. The molecule has 7 atom stereocenters. The van der Waals surface area contributed by atoms with Crippen molar-refractivity contribution in [2.75, 3.05) is 11.4 Å². The lowest BCUT2D eigenvalue weighted by atomic mass is 9.79. The van der Waals surface area contributed by atoms with Crippen molar-refractivity contribution in [2.45, 2.75) is 89.1 Å². The molecule has 3 aliphatic carbocycles. The summed E-state index contributed by atoms with van der Waals surface area (Å²) < 4.78 is 7.16. The first-order valence-electron chi connectivity index (χ1n) is 12.0. The molecule has 4 fully saturated rings. The summed E-state index contributed by atoms with van der Waals surface area (Å²) in [6.45, 7) is 8.86. The number of nitrogens with zero attached hydrogens (tertiary/aromatic N) is 1. The molecule has 3 heteroatoms. The van der Waals surface area contributed by atoms with E-state index in [1.807, 2.05) is 0 Å². The first-order chi connectivity index (χ1) is 13.5. The van der Waals surface area contributed by atoms with Gasteiger partial charge in [0.25, 0.3) is 0 Å². The van der Waals surface area contributed by atoms with E-state index in [0.29, 0.717) is 6.10 Å². The zero-order valence-corrected chi connectivity index (χ0v) is 19.1. The molecular formula is C25H39NOSi. The Morgan fingerprint density at radius 2 is 1.71 bits per heavy atom. The Hall–Kier alpha value is -0.803. The molecule has 5 rings (SSSR count). The fourth-order valence-electron chi connectivity index (χ4n) is 7.73. The van der Waals surface area contributed by atoms with Gasteiger partial charge in [0.2, 0.25) is 0 Å². The first-order valence-corrected chi connectivity index (χ1v) is 15.0. The first kappa shape index (κ1) is 19.2. The molecule has 0 aromatic heterocycles. The van der Waals surface area contributed by atoms with Gasteiger partial charge in [0, 0.05) is 24.4 Å². The zero-order chi connectivity index (χ0) is 19.3. The molecule has 0 radical (unpaired) electrons. The third kappa shape index (κ3) is 3.27. The second-order valence-corrected chi connectivity index (χ2v) is 15.0. The lowest BCUT2D eigenvalue weighted by Gasteiger charge is -2.37. The van der Waals surface area contributed by atoms with Crippen molar-refractivity contribution in [2.24, 2.45) is 23.7 Å². The van der Waals surface area contributed by atoms with E-state index in [4.69, 9.17) is 4.43 Å². The number of fused-ring (bicyclic) bond motifs is 2. The molecule has 1 saturated heterocycles. The van der Waals surface area contributed by atoms with Crippen molar-refractivity contribution in [3.63, 3.8) is 0 Å². The summed E-state index contributed by atoms with van der Waals surface area (Å²) in [6.07, 6.45) is 11.9. The average molecular weight is 398 g/mol. The van der Waals surface area contributed by atoms with E-state index in [0.717, 1.165) is 35.3 Å². The number of para-hydroxylation sites is 1. The summed E-state index contributed by atoms with van der Waals surface area (Å²) in [5.41, 5.74) is 2.28. The van der Waals surface area contributed by atoms with Gasteiger partial charge in [0.1, 0.15) is 0 Å². The van der Waals surface area contributed by atoms with Crippen molar-refractivity contribution in [1.29, 1.82) is 0 Å². The Bertz CT molecular complexity index is 676. The van der Waals surface area contributed by atoms with E-state index in [-0.39, 0.29) is 0 Å². The molecule has 1 aromatic rings. The van der Waals surface area contributed by atoms with E-state index in [9.17, 15) is 0 Å². The van der Waals surface area contributed by atoms with Crippen molar-refractivity contribution in [3.8, 4) is 0 Å². The van der Waals surface area contributed by atoms with E-state index >= 15 is 0 Å². The van der Waals surface area contributed by atoms with Crippen molar-refractivity contribution in [1.82, 2.24) is 0 Å². The van der Waals surface area contributed by atoms with Crippen LogP contribution in [0.5, 0.6) is 0 Å². The molecule has 2 nitrogen and oxygen atoms in total. The molecule has 0 bridgehead atoms. The normalized spacial score (nSPS) is 40.5. The Balaban J connectivity index is 1.27. The highest BCUT2D eigenvalue weighted by atomic mass is 28.4. The maximum atomic E-state index is 7.16. The van der Waals surface area contributed by atoms with Crippen molar-refractivity contribution in [3.05, 3.63) is 30.3 Å². The van der Waals surface area contributed by atoms with E-state index < -0.39 is 8.32 Å². The second-order valence-electron chi connectivity index (χ2n) is 10.8. The minimum Gasteiger partial charge on any atom is -0.414 e. The maximum Gasteiger partial charge on any atom is 0.190 e. The molecule has 1 aliphatic heterocycles. The minimum atomic E-state index is -1.68. The summed E-state index contributed by atoms with van der Waals surface area (Å²) in [5, 5.41) is 0. The summed E-state index contributed by atoms with van der Waals surface area (Å²) in [4.78, 5) is 2.71. The minimum absolute atomic E-state index is 0.556. The number of benzene rings is 1. The molecule has 28 heavy (non-hydrogen) atoms. The van der Waals surface area contributed by atoms with Gasteiger partial charge in [0.05, 0.1) is 0 Å². The molecule has 154 valence electrons. The molecule has 1 aromatic carbocycles. The number of hydrogen-bond donors (Lipinski definition) is 0. The topological polar surface area (TPSA) is 12.5 Å². The van der Waals surface area contributed by atoms with Gasteiger partial charge in [-0.3, -0.25) is 0 Å². The van der Waals surface area contributed by atoms with Gasteiger partial charge < -0.3 is 9.33 Å². The third-order valence-electron chi connectivity index (χ3n) is 9.09. The van der Waals surface area contributed by atoms with E-state index in [2.05, 4.69) is 55.2 Å². The van der Waals surface area contributed by atoms with Crippen LogP contribution in [0.25, 0.3) is 0 Å². The molecule has 7 unspecified atom stereocenters. The SMILES string of the molecule is CC1C(O[Si](C)(C)C2CCC3C2CCN3c2ccccc2)CC2CCCCC21. The van der Waals surface area contributed by atoms with Gasteiger partial charge in [-0.15, -0.1) is 0 Å². The summed E-state index contributed by atoms with van der Waals surface area (Å²) in [5.74, 6) is 3.58. The molecule has 3 saturated carbocycles. The standard InChI is InChI=1S/C25H39NOSi/c1-18-21-12-8-7-9-19(21)17-24(18)27-28(2,3)25-14-13-23-22(25)15-16-26(23)20-10-5-4-6-11-20/h4-6,10-11,18-19,21-25H,7-9,12-17H2,1-3H3. The Morgan fingerprint density at radius 1 is 0.929 bits per heavy atom. The molecule has 4 aliphatic rings. The van der Waals surface area contributed by atoms with Crippen molar-refractivity contribution < 1.29 is 4.43 Å². The van der Waals surface area contributed by atoms with Crippen LogP contribution >= 0.6 is 0 Å². The van der Waals surface area contributed by atoms with Crippen LogP contribution < -0.4 is 4.90 Å². The van der Waals surface area contributed by atoms with Crippen LogP contribution in [-0.4, -0.2) is 27.0 Å². The Kier molecular flexibility index (Phi) is 5.11. The van der Waals surface area contributed by atoms with Crippen LogP contribution in [0.2, 0.25) is 18.6 Å². The Labute approximate surface area is 173 Å². The molecule has 0 N–H and O–H groups in total. The maximum absolute atomic E-state index is 7.16. The quantitative estimate of drug-likeness (QED) is 0.539. The average Bonchev–Trinajstić information content (AvgIpc) is 3.37. The van der Waals surface area contributed by atoms with Crippen LogP contribution in [0.3, 0.4) is 0 Å². The van der Waals surface area contributed by atoms with Gasteiger partial charge in [-0.1, -0.05) is 44.4 Å². The van der Waals surface area contributed by atoms with Crippen LogP contribution in [0.4, 0.5) is 5.69 Å². The van der Waals surface area contributed by atoms with Gasteiger partial charge in [-0.25, -0.2) is 0 Å². The fourth-order valence-corrected chi connectivity index (χ4v) is 11.3. The van der Waals surface area contributed by atoms with E-state index in [1.165, 1.54) is 63.6 Å². The van der Waals surface area contributed by atoms with Gasteiger partial charge in [-0.2, -0.15) is 0 Å². The number of hydrogen-bond acceptors (Lipinski definition) is 2. The van der Waals surface area contributed by atoms with Crippen LogP contribution in [0, 0.1) is 23.7 Å². The fraction of sp³-hybridized carbons (Fsp3) is 0.760. The number of rotatable bonds is 4. The Morgan fingerprint density at radius 3 is 2.50 bits per heavy atom. The predicted molar refractivity (Wildman–Crippen MR) is 120 cm³/mol. The summed E-state index contributed by atoms with van der Waals surface area (Å²) in [7, 11) is -1.68. The third-order valence-corrected chi connectivity index (χ3v) is 12.5. The molecule has 0 spiro atoms. The monoisotopic (exact) mass is 397 g/mol. The summed E-state index contributed by atoms with van der Waals surface area (Å²) >= 11 is 0. The van der Waals surface area contributed by atoms with Crippen LogP contribution in [-0.2, 0) is 4.43 Å². The molecule has 1 heterocycles. The highest BCUT2D eigenvalue weighted by Gasteiger charge is 2.53. The summed E-state index contributed by atoms with van der Waals surface area (Å²) in [6, 6.07) is 11.9. The van der Waals surface area contributed by atoms with Crippen LogP contribution in [0.15, 0.2) is 30.3 Å². The molecule has 0 amide bonds. The molecular weight excluding hydrogens is 358 g/mol. The van der Waals surface area contributed by atoms with Crippen molar-refractivity contribution >= 4 is 14.0 Å². The predicted octanol–water partition coefficient (Wildman–Crippen LogP) is 6.48. The van der Waals surface area contributed by atoms with Crippen LogP contribution in [0.1, 0.15) is 58.3 Å².